The Morgan fingerprint density at radius 2 is 1.11 bits per heavy atom. The minimum absolute atomic E-state index is 0. The molecule has 0 amide bonds. The summed E-state index contributed by atoms with van der Waals surface area (Å²) in [5, 5.41) is 26.6. The molecule has 9 heavy (non-hydrogen) atoms. The van der Waals surface area contributed by atoms with Gasteiger partial charge in [-0.15, -0.1) is 0 Å². The van der Waals surface area contributed by atoms with E-state index in [1.54, 1.807) is 0 Å². The quantitative estimate of drug-likeness (QED) is 0.201. The van der Waals surface area contributed by atoms with E-state index in [9.17, 15) is 5.02 Å². The van der Waals surface area contributed by atoms with Crippen LogP contribution in [0.3, 0.4) is 0 Å². The molecule has 0 aromatic carbocycles. The summed E-state index contributed by atoms with van der Waals surface area (Å²) < 4.78 is 0. The fourth-order valence-corrected chi connectivity index (χ4v) is 0.0160. The molecule has 36 valence electrons. The van der Waals surface area contributed by atoms with Gasteiger partial charge in [0.25, 0.3) is 0 Å². The van der Waals surface area contributed by atoms with E-state index in [4.69, 9.17) is 10.5 Å². The summed E-state index contributed by atoms with van der Waals surface area (Å²) >= 11 is 0. The molecule has 0 N–H and O–H groups in total. The van der Waals surface area contributed by atoms with Gasteiger partial charge in [-0.25, -0.2) is 0 Å². The van der Waals surface area contributed by atoms with Crippen molar-refractivity contribution >= 4 is 7.32 Å². The molecular weight excluding hydrogens is 112 g/mol. The molecule has 9 heteroatoms. The minimum atomic E-state index is -2.43. The van der Waals surface area contributed by atoms with Gasteiger partial charge >= 0.3 is 63.9 Å². The second-order valence-corrected chi connectivity index (χ2v) is 0.481. The van der Waals surface area contributed by atoms with Crippen LogP contribution in [0.5, 0.6) is 0 Å². The van der Waals surface area contributed by atoms with Gasteiger partial charge in [-0.3, -0.25) is 0 Å². The van der Waals surface area contributed by atoms with Crippen LogP contribution in [0.2, 0.25) is 0 Å². The predicted molar refractivity (Wildman–Crippen MR) is 7.92 cm³/mol. The Morgan fingerprint density at radius 1 is 0.889 bits per heavy atom. The Balaban J connectivity index is -0.0000000417. The normalized spacial score (nSPS) is 5.67. The van der Waals surface area contributed by atoms with Gasteiger partial charge in [0, 0.05) is 0 Å². The van der Waals surface area contributed by atoms with Crippen molar-refractivity contribution in [2.45, 2.75) is 0 Å². The summed E-state index contributed by atoms with van der Waals surface area (Å²) in [5.41, 5.74) is 0. The van der Waals surface area contributed by atoms with Crippen LogP contribution in [-0.4, -0.2) is 7.32 Å². The third-order valence-corrected chi connectivity index (χ3v) is 0.157. The molecule has 0 aliphatic carbocycles. The molecule has 5 nitrogen and oxygen atoms in total. The Morgan fingerprint density at radius 3 is 1.11 bits per heavy atom. The van der Waals surface area contributed by atoms with E-state index in [1.165, 1.54) is 0 Å². The summed E-state index contributed by atoms with van der Waals surface area (Å²) in [7, 11) is -2.43. The van der Waals surface area contributed by atoms with E-state index < -0.39 is 7.32 Å². The first-order chi connectivity index (χ1) is 2.81. The van der Waals surface area contributed by atoms with Crippen molar-refractivity contribution in [3.63, 3.8) is 0 Å². The maximum absolute atomic E-state index is 9.19. The van der Waals surface area contributed by atoms with Crippen molar-refractivity contribution in [3.05, 3.63) is 0 Å². The van der Waals surface area contributed by atoms with Gasteiger partial charge in [0.1, 0.15) is 0 Å². The number of hydrogen-bond donors (Lipinski definition) is 0. The molecule has 0 aliphatic heterocycles. The van der Waals surface area contributed by atoms with Crippen molar-refractivity contribution in [2.24, 2.45) is 0 Å². The van der Waals surface area contributed by atoms with Crippen LogP contribution < -0.4 is 72.1 Å². The molecule has 0 aromatic heterocycles. The third kappa shape index (κ3) is 17.7. The zero-order valence-corrected chi connectivity index (χ0v) is 5.62. The van der Waals surface area contributed by atoms with Crippen molar-refractivity contribution < 1.29 is 81.7 Å². The average molecular weight is 112 g/mol. The maximum Gasteiger partial charge on any atom is 1.00 e. The van der Waals surface area contributed by atoms with E-state index >= 15 is 0 Å². The van der Waals surface area contributed by atoms with E-state index in [2.05, 4.69) is 9.61 Å². The smallest absolute Gasteiger partial charge is 0.833 e. The van der Waals surface area contributed by atoms with Gasteiger partial charge in [-0.2, -0.15) is 0 Å². The fourth-order valence-electron chi connectivity index (χ4n) is 0.0160. The first-order valence-corrected chi connectivity index (χ1v) is 1.04. The molecule has 0 heterocycles. The Kier molecular flexibility index (Phi) is 40.7. The number of rotatable bonds is 2. The SMILES string of the molecule is [Li+].[Li+].[Li+].[O-]OB([O-])O[O-]. The molecule has 0 atom stereocenters. The van der Waals surface area contributed by atoms with Crippen LogP contribution in [-0.2, 0) is 9.61 Å². The molecule has 0 aliphatic rings. The Hall–Kier alpha value is 1.66. The monoisotopic (exact) mass is 112 g/mol. The summed E-state index contributed by atoms with van der Waals surface area (Å²) in [6.45, 7) is 0. The molecule has 0 rings (SSSR count). The Labute approximate surface area is 88.7 Å². The molecular formula is BLi3O5. The topological polar surface area (TPSA) is 87.6 Å². The maximum atomic E-state index is 9.19. The molecule has 0 saturated carbocycles. The molecule has 0 bridgehead atoms. The minimum Gasteiger partial charge on any atom is -0.833 e. The zero-order valence-electron chi connectivity index (χ0n) is 5.62. The molecule has 0 fully saturated rings. The second-order valence-electron chi connectivity index (χ2n) is 0.481. The van der Waals surface area contributed by atoms with Gasteiger partial charge in [0.05, 0.1) is 0 Å². The number of hydrogen-bond acceptors (Lipinski definition) is 5. The fraction of sp³-hybridized carbons (Fsp3) is 0. The second kappa shape index (κ2) is 16.3. The predicted octanol–water partition coefficient (Wildman–Crippen LogP) is -13.1. The van der Waals surface area contributed by atoms with Crippen molar-refractivity contribution in [3.8, 4) is 0 Å². The van der Waals surface area contributed by atoms with E-state index in [0.717, 1.165) is 0 Å². The van der Waals surface area contributed by atoms with Crippen molar-refractivity contribution in [2.75, 3.05) is 0 Å². The first kappa shape index (κ1) is 22.4. The van der Waals surface area contributed by atoms with Crippen LogP contribution in [0.4, 0.5) is 0 Å². The average Bonchev–Trinajstić information content (AvgIpc) is 1.65. The van der Waals surface area contributed by atoms with Gasteiger partial charge < -0.3 is 25.1 Å². The summed E-state index contributed by atoms with van der Waals surface area (Å²) in [5.74, 6) is 0. The standard InChI is InChI=1S/BH2O5.3Li/c2-1(5-3)6-4;;;/h3-4H;;;/q-1;3*+1/p-2. The van der Waals surface area contributed by atoms with Gasteiger partial charge in [-0.1, -0.05) is 0 Å². The van der Waals surface area contributed by atoms with Crippen LogP contribution >= 0.6 is 0 Å². The summed E-state index contributed by atoms with van der Waals surface area (Å²) in [6, 6.07) is 0. The zero-order chi connectivity index (χ0) is 4.99. The molecule has 0 saturated heterocycles. The van der Waals surface area contributed by atoms with Crippen molar-refractivity contribution in [1.29, 1.82) is 0 Å². The van der Waals surface area contributed by atoms with Gasteiger partial charge in [0.15, 0.2) is 0 Å². The summed E-state index contributed by atoms with van der Waals surface area (Å²) in [4.78, 5) is 5.12. The first-order valence-electron chi connectivity index (χ1n) is 1.04. The van der Waals surface area contributed by atoms with Gasteiger partial charge in [0.2, 0.25) is 0 Å². The van der Waals surface area contributed by atoms with Crippen LogP contribution in [0, 0.1) is 0 Å². The molecule has 0 radical (unpaired) electrons. The third-order valence-electron chi connectivity index (χ3n) is 0.157. The van der Waals surface area contributed by atoms with E-state index in [0.29, 0.717) is 0 Å². The van der Waals surface area contributed by atoms with E-state index in [1.807, 2.05) is 0 Å². The van der Waals surface area contributed by atoms with E-state index in [-0.39, 0.29) is 56.6 Å². The largest absolute Gasteiger partial charge is 1.00 e. The van der Waals surface area contributed by atoms with Crippen LogP contribution in [0.1, 0.15) is 0 Å². The molecule has 0 unspecified atom stereocenters. The van der Waals surface area contributed by atoms with Gasteiger partial charge in [-0.05, 0) is 0 Å². The molecule has 0 spiro atoms. The Bertz CT molecular complexity index is 31.4. The molecule has 0 aromatic rings. The van der Waals surface area contributed by atoms with Crippen LogP contribution in [0.25, 0.3) is 0 Å². The van der Waals surface area contributed by atoms with Crippen LogP contribution in [0.15, 0.2) is 0 Å². The summed E-state index contributed by atoms with van der Waals surface area (Å²) in [6.07, 6.45) is 0. The van der Waals surface area contributed by atoms with Crippen molar-refractivity contribution in [1.82, 2.24) is 0 Å².